The molecule has 9 N–H and O–H groups in total. The fourth-order valence-corrected chi connectivity index (χ4v) is 6.39. The van der Waals surface area contributed by atoms with Crippen molar-refractivity contribution in [2.24, 2.45) is 5.73 Å². The maximum atomic E-state index is 13.8. The van der Waals surface area contributed by atoms with E-state index in [0.717, 1.165) is 0 Å². The van der Waals surface area contributed by atoms with E-state index in [0.29, 0.717) is 0 Å². The molecule has 1 saturated heterocycles. The molecule has 2 aromatic rings. The third kappa shape index (κ3) is 6.06. The number of methoxy groups -OCH3 is 1. The van der Waals surface area contributed by atoms with Gasteiger partial charge in [0.25, 0.3) is 0 Å². The van der Waals surface area contributed by atoms with Gasteiger partial charge in [-0.05, 0) is 13.0 Å². The number of hydrogen-bond acceptors (Lipinski definition) is 14. The van der Waals surface area contributed by atoms with Crippen molar-refractivity contribution in [3.63, 3.8) is 0 Å². The molecule has 7 atom stereocenters. The zero-order valence-corrected chi connectivity index (χ0v) is 25.4. The number of hydrogen-bond donors (Lipinski definition) is 8. The van der Waals surface area contributed by atoms with Gasteiger partial charge in [0.2, 0.25) is 11.7 Å². The van der Waals surface area contributed by atoms with Crippen LogP contribution in [-0.2, 0) is 30.3 Å². The van der Waals surface area contributed by atoms with Gasteiger partial charge in [-0.15, -0.1) is 0 Å². The van der Waals surface area contributed by atoms with Crippen molar-refractivity contribution < 1.29 is 63.7 Å². The lowest BCUT2D eigenvalue weighted by Crippen LogP contribution is -2.60. The number of rotatable bonds is 10. The van der Waals surface area contributed by atoms with Crippen LogP contribution in [0.4, 0.5) is 0 Å². The first kappa shape index (κ1) is 33.9. The molecule has 5 rings (SSSR count). The SMILES string of the molecule is COc1cccc2c1C(=O)c1c(O)c3c(c(O)c1C2=O)C[C@@](O)(C(C=O)NNC(=O)CCC(=O)O)C[C@@H]3OC1CC(N)C(O)C(C)O1. The predicted molar refractivity (Wildman–Crippen MR) is 158 cm³/mol. The molecular weight excluding hydrogens is 622 g/mol. The van der Waals surface area contributed by atoms with Gasteiger partial charge in [-0.3, -0.25) is 24.6 Å². The van der Waals surface area contributed by atoms with E-state index < -0.39 is 114 Å². The molecule has 0 aromatic heterocycles. The fourth-order valence-electron chi connectivity index (χ4n) is 6.39. The van der Waals surface area contributed by atoms with Crippen LogP contribution < -0.4 is 21.3 Å². The summed E-state index contributed by atoms with van der Waals surface area (Å²) in [5.41, 5.74) is 6.83. The number of aliphatic hydroxyl groups is 2. The molecule has 0 radical (unpaired) electrons. The summed E-state index contributed by atoms with van der Waals surface area (Å²) in [6, 6.07) is 1.92. The molecule has 1 heterocycles. The Morgan fingerprint density at radius 1 is 1.15 bits per heavy atom. The van der Waals surface area contributed by atoms with Crippen molar-refractivity contribution in [3.05, 3.63) is 51.6 Å². The minimum atomic E-state index is -2.18. The van der Waals surface area contributed by atoms with E-state index in [1.54, 1.807) is 6.92 Å². The molecule has 1 amide bonds. The number of phenolic OH excluding ortho intramolecular Hbond substituents is 2. The summed E-state index contributed by atoms with van der Waals surface area (Å²) in [6.45, 7) is 1.55. The molecule has 0 saturated carbocycles. The lowest BCUT2D eigenvalue weighted by atomic mass is 9.71. The Kier molecular flexibility index (Phi) is 9.36. The van der Waals surface area contributed by atoms with Gasteiger partial charge in [-0.2, -0.15) is 0 Å². The van der Waals surface area contributed by atoms with Crippen LogP contribution in [0.1, 0.15) is 81.7 Å². The minimum Gasteiger partial charge on any atom is -0.507 e. The first-order valence-corrected chi connectivity index (χ1v) is 14.8. The van der Waals surface area contributed by atoms with Crippen LogP contribution in [0.25, 0.3) is 0 Å². The molecule has 1 aliphatic heterocycles. The van der Waals surface area contributed by atoms with Crippen LogP contribution in [0.3, 0.4) is 0 Å². The average Bonchev–Trinajstić information content (AvgIpc) is 3.02. The van der Waals surface area contributed by atoms with Crippen molar-refractivity contribution in [2.45, 2.75) is 81.3 Å². The summed E-state index contributed by atoms with van der Waals surface area (Å²) in [7, 11) is 1.30. The van der Waals surface area contributed by atoms with Crippen LogP contribution in [0.15, 0.2) is 18.2 Å². The minimum absolute atomic E-state index is 0.0373. The molecule has 16 heteroatoms. The largest absolute Gasteiger partial charge is 0.507 e. The second kappa shape index (κ2) is 13.0. The normalized spacial score (nSPS) is 27.2. The highest BCUT2D eigenvalue weighted by atomic mass is 16.7. The van der Waals surface area contributed by atoms with Crippen LogP contribution in [-0.4, -0.2) is 98.6 Å². The highest BCUT2D eigenvalue weighted by Crippen LogP contribution is 2.52. The van der Waals surface area contributed by atoms with Crippen molar-refractivity contribution >= 4 is 29.7 Å². The number of ketones is 2. The molecule has 0 bridgehead atoms. The highest BCUT2D eigenvalue weighted by molar-refractivity contribution is 6.31. The molecule has 3 aliphatic rings. The van der Waals surface area contributed by atoms with Crippen LogP contribution >= 0.6 is 0 Å². The number of nitrogens with two attached hydrogens (primary N) is 1. The van der Waals surface area contributed by atoms with E-state index in [1.165, 1.54) is 25.3 Å². The number of aliphatic hydroxyl groups excluding tert-OH is 1. The Balaban J connectivity index is 1.60. The molecule has 2 aromatic carbocycles. The Hall–Kier alpha value is -4.45. The summed E-state index contributed by atoms with van der Waals surface area (Å²) < 4.78 is 17.2. The summed E-state index contributed by atoms with van der Waals surface area (Å²) in [5.74, 6) is -5.03. The maximum absolute atomic E-state index is 13.8. The van der Waals surface area contributed by atoms with E-state index in [-0.39, 0.29) is 40.7 Å². The topological polar surface area (TPSA) is 264 Å². The molecule has 16 nitrogen and oxygen atoms in total. The lowest BCUT2D eigenvalue weighted by Gasteiger charge is -2.44. The van der Waals surface area contributed by atoms with Crippen molar-refractivity contribution in [1.82, 2.24) is 10.9 Å². The molecule has 1 fully saturated rings. The first-order valence-electron chi connectivity index (χ1n) is 14.8. The highest BCUT2D eigenvalue weighted by Gasteiger charge is 2.50. The van der Waals surface area contributed by atoms with Gasteiger partial charge < -0.3 is 50.3 Å². The summed E-state index contributed by atoms with van der Waals surface area (Å²) in [4.78, 5) is 62.9. The molecule has 47 heavy (non-hydrogen) atoms. The van der Waals surface area contributed by atoms with Gasteiger partial charge in [0.05, 0.1) is 54.1 Å². The number of benzene rings is 2. The van der Waals surface area contributed by atoms with E-state index >= 15 is 0 Å². The summed E-state index contributed by atoms with van der Waals surface area (Å²) in [6.07, 6.45) is -6.11. The second-order valence-electron chi connectivity index (χ2n) is 11.9. The Bertz CT molecular complexity index is 1630. The maximum Gasteiger partial charge on any atom is 0.303 e. The van der Waals surface area contributed by atoms with Crippen molar-refractivity contribution in [3.8, 4) is 17.2 Å². The standard InChI is InChI=1S/C31H35N3O13/c1-12-26(39)15(32)8-21(46-12)47-17-10-31(44,18(11-35)33-34-19(36)6-7-20(37)38)9-14-23(17)30(43)25-24(28(14)41)27(40)13-4-3-5-16(45-2)22(13)29(25)42/h3-5,11-12,15,17-18,21,26,33,39,41,43-44H,6-10,32H2,1-2H3,(H,34,36)(H,37,38)/t12?,15?,17-,18?,21?,26?,31-/m0/s1. The number of aromatic hydroxyl groups is 2. The second-order valence-corrected chi connectivity index (χ2v) is 11.9. The number of fused-ring (bicyclic) bond motifs is 3. The van der Waals surface area contributed by atoms with E-state index in [4.69, 9.17) is 25.1 Å². The van der Waals surface area contributed by atoms with Gasteiger partial charge in [0.15, 0.2) is 12.1 Å². The number of carbonyl (C=O) groups is 5. The molecule has 5 unspecified atom stereocenters. The van der Waals surface area contributed by atoms with Crippen molar-refractivity contribution in [1.29, 1.82) is 0 Å². The number of ether oxygens (including phenoxy) is 3. The molecule has 252 valence electrons. The number of hydrazine groups is 1. The first-order chi connectivity index (χ1) is 22.2. The zero-order valence-electron chi connectivity index (χ0n) is 25.4. The summed E-state index contributed by atoms with van der Waals surface area (Å²) in [5, 5.41) is 54.3. The third-order valence-corrected chi connectivity index (χ3v) is 8.82. The number of carboxylic acids is 1. The van der Waals surface area contributed by atoms with Gasteiger partial charge in [0, 0.05) is 48.4 Å². The van der Waals surface area contributed by atoms with Crippen LogP contribution in [0, 0.1) is 0 Å². The number of aliphatic carboxylic acids is 1. The molecule has 2 aliphatic carbocycles. The molecule has 0 spiro atoms. The Labute approximate surface area is 267 Å². The van der Waals surface area contributed by atoms with Gasteiger partial charge in [-0.1, -0.05) is 12.1 Å². The monoisotopic (exact) mass is 657 g/mol. The number of phenols is 2. The quantitative estimate of drug-likeness (QED) is 0.0775. The molecular formula is C31H35N3O13. The fraction of sp³-hybridized carbons (Fsp3) is 0.452. The Morgan fingerprint density at radius 3 is 2.49 bits per heavy atom. The smallest absolute Gasteiger partial charge is 0.303 e. The van der Waals surface area contributed by atoms with E-state index in [1.807, 2.05) is 0 Å². The van der Waals surface area contributed by atoms with Gasteiger partial charge >= 0.3 is 5.97 Å². The third-order valence-electron chi connectivity index (χ3n) is 8.82. The number of amides is 1. The van der Waals surface area contributed by atoms with E-state index in [2.05, 4.69) is 10.9 Å². The van der Waals surface area contributed by atoms with Gasteiger partial charge in [-0.25, -0.2) is 5.43 Å². The number of aldehydes is 1. The van der Waals surface area contributed by atoms with Crippen LogP contribution in [0.2, 0.25) is 0 Å². The number of carbonyl (C=O) groups excluding carboxylic acids is 4. The Morgan fingerprint density at radius 2 is 1.85 bits per heavy atom. The van der Waals surface area contributed by atoms with Gasteiger partial charge in [0.1, 0.15) is 29.6 Å². The summed E-state index contributed by atoms with van der Waals surface area (Å²) >= 11 is 0. The van der Waals surface area contributed by atoms with Crippen molar-refractivity contribution in [2.75, 3.05) is 7.11 Å². The average molecular weight is 658 g/mol. The predicted octanol–water partition coefficient (Wildman–Crippen LogP) is -0.507. The number of carboxylic acid groups (broad SMARTS) is 1. The zero-order chi connectivity index (χ0) is 34.4. The van der Waals surface area contributed by atoms with E-state index in [9.17, 15) is 44.4 Å². The lowest BCUT2D eigenvalue weighted by molar-refractivity contribution is -0.248. The number of nitrogens with one attached hydrogen (secondary N) is 2. The van der Waals surface area contributed by atoms with Crippen LogP contribution in [0.5, 0.6) is 17.2 Å².